The van der Waals surface area contributed by atoms with Gasteiger partial charge in [0.05, 0.1) is 42.4 Å². The standard InChI is InChI=1S/C15H20N6O2/c1-3-20-10(2)12(7-17-20)15(22)19-5-4-14-13(8-19)21-11(9-23-14)6-16-18-21/h6-7,13-14H,3-5,8-9H2,1-2H3/t13-,14+/m1/s1. The van der Waals surface area contributed by atoms with Gasteiger partial charge in [0.2, 0.25) is 0 Å². The number of aromatic nitrogens is 5. The Morgan fingerprint density at radius 2 is 2.30 bits per heavy atom. The monoisotopic (exact) mass is 316 g/mol. The first kappa shape index (κ1) is 14.4. The van der Waals surface area contributed by atoms with E-state index in [-0.39, 0.29) is 18.1 Å². The van der Waals surface area contributed by atoms with Crippen molar-refractivity contribution in [2.45, 2.75) is 45.6 Å². The van der Waals surface area contributed by atoms with Crippen LogP contribution in [0.4, 0.5) is 0 Å². The summed E-state index contributed by atoms with van der Waals surface area (Å²) in [6.45, 7) is 6.56. The van der Waals surface area contributed by atoms with Crippen molar-refractivity contribution in [3.8, 4) is 0 Å². The number of likely N-dealkylation sites (tertiary alicyclic amines) is 1. The van der Waals surface area contributed by atoms with Gasteiger partial charge in [-0.15, -0.1) is 5.10 Å². The lowest BCUT2D eigenvalue weighted by Crippen LogP contribution is -2.50. The van der Waals surface area contributed by atoms with Crippen LogP contribution < -0.4 is 0 Å². The van der Waals surface area contributed by atoms with Gasteiger partial charge in [0, 0.05) is 25.3 Å². The maximum absolute atomic E-state index is 12.9. The normalized spacial score (nSPS) is 23.5. The smallest absolute Gasteiger partial charge is 0.257 e. The molecule has 4 rings (SSSR count). The summed E-state index contributed by atoms with van der Waals surface area (Å²) < 4.78 is 9.65. The predicted octanol–water partition coefficient (Wildman–Crippen LogP) is 0.789. The Morgan fingerprint density at radius 3 is 3.09 bits per heavy atom. The Morgan fingerprint density at radius 1 is 1.43 bits per heavy atom. The van der Waals surface area contributed by atoms with E-state index in [2.05, 4.69) is 15.4 Å². The van der Waals surface area contributed by atoms with Gasteiger partial charge in [-0.1, -0.05) is 5.21 Å². The molecule has 2 aliphatic rings. The minimum absolute atomic E-state index is 0.0351. The maximum atomic E-state index is 12.9. The molecule has 0 radical (unpaired) electrons. The number of hydrogen-bond donors (Lipinski definition) is 0. The molecular weight excluding hydrogens is 296 g/mol. The summed E-state index contributed by atoms with van der Waals surface area (Å²) in [4.78, 5) is 14.7. The lowest BCUT2D eigenvalue weighted by atomic mass is 9.99. The lowest BCUT2D eigenvalue weighted by molar-refractivity contribution is -0.0605. The van der Waals surface area contributed by atoms with E-state index in [4.69, 9.17) is 4.74 Å². The van der Waals surface area contributed by atoms with Crippen LogP contribution in [0.5, 0.6) is 0 Å². The second-order valence-electron chi connectivity index (χ2n) is 6.09. The van der Waals surface area contributed by atoms with Gasteiger partial charge < -0.3 is 9.64 Å². The quantitative estimate of drug-likeness (QED) is 0.818. The number of hydrogen-bond acceptors (Lipinski definition) is 5. The Hall–Kier alpha value is -2.22. The highest BCUT2D eigenvalue weighted by molar-refractivity contribution is 5.95. The number of rotatable bonds is 2. The number of amides is 1. The lowest BCUT2D eigenvalue weighted by Gasteiger charge is -2.40. The summed E-state index contributed by atoms with van der Waals surface area (Å²) in [5.74, 6) is 0.0351. The fraction of sp³-hybridized carbons (Fsp3) is 0.600. The summed E-state index contributed by atoms with van der Waals surface area (Å²) in [7, 11) is 0. The second kappa shape index (κ2) is 5.45. The molecule has 4 heterocycles. The number of piperidine rings is 1. The number of fused-ring (bicyclic) bond motifs is 3. The topological polar surface area (TPSA) is 78.1 Å². The van der Waals surface area contributed by atoms with Gasteiger partial charge in [-0.2, -0.15) is 5.10 Å². The SMILES string of the molecule is CCn1ncc(C(=O)N2CC[C@@H]3OCc4cnnn4[C@@H]3C2)c1C. The van der Waals surface area contributed by atoms with Gasteiger partial charge in [0.25, 0.3) is 5.91 Å². The van der Waals surface area contributed by atoms with E-state index in [0.29, 0.717) is 25.3 Å². The molecule has 0 saturated carbocycles. The van der Waals surface area contributed by atoms with Crippen LogP contribution in [0.2, 0.25) is 0 Å². The molecule has 1 amide bonds. The van der Waals surface area contributed by atoms with E-state index in [1.807, 2.05) is 28.1 Å². The molecule has 122 valence electrons. The minimum atomic E-state index is 0.0351. The number of aryl methyl sites for hydroxylation is 1. The second-order valence-corrected chi connectivity index (χ2v) is 6.09. The molecule has 23 heavy (non-hydrogen) atoms. The van der Waals surface area contributed by atoms with E-state index in [0.717, 1.165) is 24.4 Å². The molecule has 1 saturated heterocycles. The highest BCUT2D eigenvalue weighted by Gasteiger charge is 2.38. The fourth-order valence-electron chi connectivity index (χ4n) is 3.51. The van der Waals surface area contributed by atoms with E-state index in [9.17, 15) is 4.79 Å². The summed E-state index contributed by atoms with van der Waals surface area (Å²) >= 11 is 0. The van der Waals surface area contributed by atoms with Gasteiger partial charge in [0.15, 0.2) is 0 Å². The van der Waals surface area contributed by atoms with Crippen molar-refractivity contribution in [2.75, 3.05) is 13.1 Å². The van der Waals surface area contributed by atoms with Crippen molar-refractivity contribution in [1.29, 1.82) is 0 Å². The Labute approximate surface area is 134 Å². The Balaban J connectivity index is 1.57. The molecular formula is C15H20N6O2. The minimum Gasteiger partial charge on any atom is -0.370 e. The molecule has 0 unspecified atom stereocenters. The highest BCUT2D eigenvalue weighted by Crippen LogP contribution is 2.30. The van der Waals surface area contributed by atoms with Gasteiger partial charge in [-0.25, -0.2) is 4.68 Å². The molecule has 0 N–H and O–H groups in total. The molecule has 8 heteroatoms. The summed E-state index contributed by atoms with van der Waals surface area (Å²) in [5, 5.41) is 12.4. The van der Waals surface area contributed by atoms with Crippen LogP contribution in [0, 0.1) is 6.92 Å². The zero-order valence-corrected chi connectivity index (χ0v) is 13.3. The fourth-order valence-corrected chi connectivity index (χ4v) is 3.51. The van der Waals surface area contributed by atoms with Crippen LogP contribution in [0.1, 0.15) is 41.1 Å². The molecule has 0 spiro atoms. The van der Waals surface area contributed by atoms with Crippen molar-refractivity contribution < 1.29 is 9.53 Å². The van der Waals surface area contributed by atoms with Crippen LogP contribution in [0.15, 0.2) is 12.4 Å². The van der Waals surface area contributed by atoms with Crippen LogP contribution in [0.3, 0.4) is 0 Å². The maximum Gasteiger partial charge on any atom is 0.257 e. The van der Waals surface area contributed by atoms with Gasteiger partial charge in [-0.05, 0) is 20.3 Å². The summed E-state index contributed by atoms with van der Waals surface area (Å²) in [6, 6.07) is 0.0421. The number of carbonyl (C=O) groups excluding carboxylic acids is 1. The Bertz CT molecular complexity index is 736. The molecule has 0 aromatic carbocycles. The molecule has 2 aliphatic heterocycles. The zero-order valence-electron chi connectivity index (χ0n) is 13.3. The van der Waals surface area contributed by atoms with Crippen LogP contribution >= 0.6 is 0 Å². The first-order valence-electron chi connectivity index (χ1n) is 8.01. The number of nitrogens with zero attached hydrogens (tertiary/aromatic N) is 6. The average Bonchev–Trinajstić information content (AvgIpc) is 3.20. The van der Waals surface area contributed by atoms with Gasteiger partial charge in [-0.3, -0.25) is 9.48 Å². The number of carbonyl (C=O) groups is 1. The first-order valence-corrected chi connectivity index (χ1v) is 8.01. The third kappa shape index (κ3) is 2.24. The van der Waals surface area contributed by atoms with Crippen molar-refractivity contribution >= 4 is 5.91 Å². The van der Waals surface area contributed by atoms with Crippen LogP contribution in [-0.2, 0) is 17.9 Å². The molecule has 0 aliphatic carbocycles. The zero-order chi connectivity index (χ0) is 16.0. The molecule has 8 nitrogen and oxygen atoms in total. The molecule has 2 aromatic rings. The van der Waals surface area contributed by atoms with Crippen molar-refractivity contribution in [3.05, 3.63) is 29.3 Å². The molecule has 2 aromatic heterocycles. The predicted molar refractivity (Wildman–Crippen MR) is 80.8 cm³/mol. The van der Waals surface area contributed by atoms with E-state index in [1.165, 1.54) is 0 Å². The van der Waals surface area contributed by atoms with E-state index in [1.54, 1.807) is 12.4 Å². The summed E-state index contributed by atoms with van der Waals surface area (Å²) in [6.07, 6.45) is 4.32. The van der Waals surface area contributed by atoms with Crippen molar-refractivity contribution in [2.24, 2.45) is 0 Å². The molecule has 0 bridgehead atoms. The summed E-state index contributed by atoms with van der Waals surface area (Å²) in [5.41, 5.74) is 2.57. The van der Waals surface area contributed by atoms with Gasteiger partial charge in [0.1, 0.15) is 0 Å². The van der Waals surface area contributed by atoms with Crippen LogP contribution in [0.25, 0.3) is 0 Å². The first-order chi connectivity index (χ1) is 11.2. The van der Waals surface area contributed by atoms with Crippen molar-refractivity contribution in [3.63, 3.8) is 0 Å². The Kier molecular flexibility index (Phi) is 3.41. The third-order valence-electron chi connectivity index (χ3n) is 4.85. The van der Waals surface area contributed by atoms with Crippen molar-refractivity contribution in [1.82, 2.24) is 29.7 Å². The molecule has 1 fully saturated rings. The van der Waals surface area contributed by atoms with E-state index < -0.39 is 0 Å². The largest absolute Gasteiger partial charge is 0.370 e. The highest BCUT2D eigenvalue weighted by atomic mass is 16.5. The third-order valence-corrected chi connectivity index (χ3v) is 4.85. The van der Waals surface area contributed by atoms with Crippen LogP contribution in [-0.4, -0.2) is 54.8 Å². The van der Waals surface area contributed by atoms with E-state index >= 15 is 0 Å². The number of ether oxygens (including phenoxy) is 1. The molecule has 2 atom stereocenters. The average molecular weight is 316 g/mol. The van der Waals surface area contributed by atoms with Gasteiger partial charge >= 0.3 is 0 Å².